The molecular formula is C25H32N2O7S. The van der Waals surface area contributed by atoms with E-state index in [-0.39, 0.29) is 34.1 Å². The topological polar surface area (TPSA) is 102 Å². The summed E-state index contributed by atoms with van der Waals surface area (Å²) in [4.78, 5) is 27.0. The van der Waals surface area contributed by atoms with E-state index < -0.39 is 16.6 Å². The van der Waals surface area contributed by atoms with Gasteiger partial charge in [0.2, 0.25) is 5.91 Å². The summed E-state index contributed by atoms with van der Waals surface area (Å²) in [6.07, 6.45) is 0.947. The molecule has 1 amide bonds. The van der Waals surface area contributed by atoms with Crippen molar-refractivity contribution in [1.29, 1.82) is 0 Å². The fraction of sp³-hybridized carbons (Fsp3) is 0.440. The molecule has 3 rings (SSSR count). The minimum Gasteiger partial charge on any atom is -0.497 e. The SMILES string of the molecule is CCOC(=O)C1CCN(C(=O)CN(c2ccc(OC)cc2OC)S(=O)(=O)c2ccc(C)cc2)CC1. The highest BCUT2D eigenvalue weighted by Crippen LogP contribution is 2.35. The Bertz CT molecular complexity index is 1140. The quantitative estimate of drug-likeness (QED) is 0.484. The Morgan fingerprint density at radius 3 is 2.26 bits per heavy atom. The highest BCUT2D eigenvalue weighted by molar-refractivity contribution is 7.92. The first-order valence-corrected chi connectivity index (χ1v) is 12.9. The summed E-state index contributed by atoms with van der Waals surface area (Å²) in [6, 6.07) is 11.2. The standard InChI is InChI=1S/C25H32N2O7S/c1-5-34-25(29)19-12-14-26(15-13-19)24(28)17-27(22-11-8-20(32-3)16-23(22)33-4)35(30,31)21-9-6-18(2)7-10-21/h6-11,16,19H,5,12-15,17H2,1-4H3. The van der Waals surface area contributed by atoms with Crippen molar-refractivity contribution in [3.63, 3.8) is 0 Å². The summed E-state index contributed by atoms with van der Waals surface area (Å²) in [5, 5.41) is 0. The van der Waals surface area contributed by atoms with E-state index in [9.17, 15) is 18.0 Å². The van der Waals surface area contributed by atoms with E-state index in [1.807, 2.05) is 6.92 Å². The van der Waals surface area contributed by atoms with Gasteiger partial charge in [0.1, 0.15) is 18.0 Å². The van der Waals surface area contributed by atoms with Gasteiger partial charge in [-0.1, -0.05) is 17.7 Å². The number of ether oxygens (including phenoxy) is 3. The Hall–Kier alpha value is -3.27. The van der Waals surface area contributed by atoms with Gasteiger partial charge in [-0.25, -0.2) is 8.42 Å². The van der Waals surface area contributed by atoms with Crippen molar-refractivity contribution < 1.29 is 32.2 Å². The first-order valence-electron chi connectivity index (χ1n) is 11.5. The van der Waals surface area contributed by atoms with Crippen molar-refractivity contribution in [2.45, 2.75) is 31.6 Å². The zero-order valence-corrected chi connectivity index (χ0v) is 21.3. The number of sulfonamides is 1. The maximum absolute atomic E-state index is 13.7. The minimum atomic E-state index is -4.10. The summed E-state index contributed by atoms with van der Waals surface area (Å²) in [7, 11) is -1.17. The van der Waals surface area contributed by atoms with Crippen molar-refractivity contribution in [2.75, 3.05) is 44.8 Å². The number of carbonyl (C=O) groups excluding carboxylic acids is 2. The van der Waals surface area contributed by atoms with Crippen molar-refractivity contribution >= 4 is 27.6 Å². The van der Waals surface area contributed by atoms with Crippen LogP contribution in [0.3, 0.4) is 0 Å². The third kappa shape index (κ3) is 6.05. The smallest absolute Gasteiger partial charge is 0.309 e. The highest BCUT2D eigenvalue weighted by Gasteiger charge is 2.33. The number of likely N-dealkylation sites (tertiary alicyclic amines) is 1. The van der Waals surface area contributed by atoms with E-state index >= 15 is 0 Å². The molecule has 190 valence electrons. The summed E-state index contributed by atoms with van der Waals surface area (Å²) in [5.74, 6) is -0.125. The molecule has 1 aliphatic rings. The predicted octanol–water partition coefficient (Wildman–Crippen LogP) is 3.01. The summed E-state index contributed by atoms with van der Waals surface area (Å²) < 4.78 is 44.3. The van der Waals surface area contributed by atoms with Crippen molar-refractivity contribution in [3.8, 4) is 11.5 Å². The van der Waals surface area contributed by atoms with Gasteiger partial charge < -0.3 is 19.1 Å². The average Bonchev–Trinajstić information content (AvgIpc) is 2.87. The zero-order chi connectivity index (χ0) is 25.6. The van der Waals surface area contributed by atoms with Gasteiger partial charge in [-0.05, 0) is 51.0 Å². The van der Waals surface area contributed by atoms with Crippen LogP contribution in [0.15, 0.2) is 47.4 Å². The number of hydrogen-bond donors (Lipinski definition) is 0. The van der Waals surface area contributed by atoms with Crippen LogP contribution in [0.1, 0.15) is 25.3 Å². The molecule has 35 heavy (non-hydrogen) atoms. The molecule has 0 aliphatic carbocycles. The number of carbonyl (C=O) groups is 2. The average molecular weight is 505 g/mol. The molecule has 0 atom stereocenters. The molecule has 0 radical (unpaired) electrons. The Morgan fingerprint density at radius 1 is 1.03 bits per heavy atom. The number of piperidine rings is 1. The molecule has 1 saturated heterocycles. The van der Waals surface area contributed by atoms with Crippen LogP contribution in [0.4, 0.5) is 5.69 Å². The Balaban J connectivity index is 1.90. The largest absolute Gasteiger partial charge is 0.497 e. The van der Waals surface area contributed by atoms with Crippen LogP contribution in [0.25, 0.3) is 0 Å². The van der Waals surface area contributed by atoms with E-state index in [0.29, 0.717) is 38.3 Å². The van der Waals surface area contributed by atoms with Gasteiger partial charge in [-0.15, -0.1) is 0 Å². The lowest BCUT2D eigenvalue weighted by molar-refractivity contribution is -0.151. The molecule has 0 bridgehead atoms. The van der Waals surface area contributed by atoms with Crippen LogP contribution in [0.5, 0.6) is 11.5 Å². The number of benzene rings is 2. The summed E-state index contributed by atoms with van der Waals surface area (Å²) >= 11 is 0. The van der Waals surface area contributed by atoms with Crippen LogP contribution in [-0.2, 0) is 24.3 Å². The van der Waals surface area contributed by atoms with Gasteiger partial charge in [-0.3, -0.25) is 13.9 Å². The van der Waals surface area contributed by atoms with Crippen molar-refractivity contribution in [2.24, 2.45) is 5.92 Å². The number of esters is 1. The Kier molecular flexibility index (Phi) is 8.61. The second kappa shape index (κ2) is 11.4. The number of anilines is 1. The number of nitrogens with zero attached hydrogens (tertiary/aromatic N) is 2. The lowest BCUT2D eigenvalue weighted by atomic mass is 9.97. The molecule has 1 heterocycles. The lowest BCUT2D eigenvalue weighted by Gasteiger charge is -2.33. The van der Waals surface area contributed by atoms with Gasteiger partial charge in [0.15, 0.2) is 0 Å². The molecule has 2 aromatic carbocycles. The Morgan fingerprint density at radius 2 is 1.69 bits per heavy atom. The van der Waals surface area contributed by atoms with Gasteiger partial charge in [0.05, 0.1) is 37.3 Å². The normalized spacial score (nSPS) is 14.3. The fourth-order valence-electron chi connectivity index (χ4n) is 3.98. The molecule has 0 unspecified atom stereocenters. The molecule has 9 nitrogen and oxygen atoms in total. The van der Waals surface area contributed by atoms with Crippen LogP contribution in [0, 0.1) is 12.8 Å². The predicted molar refractivity (Wildman–Crippen MR) is 131 cm³/mol. The van der Waals surface area contributed by atoms with Crippen molar-refractivity contribution in [3.05, 3.63) is 48.0 Å². The first-order chi connectivity index (χ1) is 16.7. The number of rotatable bonds is 9. The van der Waals surface area contributed by atoms with Gasteiger partial charge >= 0.3 is 5.97 Å². The second-order valence-corrected chi connectivity index (χ2v) is 10.1. The second-order valence-electron chi connectivity index (χ2n) is 8.27. The number of aryl methyl sites for hydroxylation is 1. The van der Waals surface area contributed by atoms with E-state index in [4.69, 9.17) is 14.2 Å². The number of hydrogen-bond acceptors (Lipinski definition) is 7. The number of amides is 1. The van der Waals surface area contributed by atoms with Crippen LogP contribution >= 0.6 is 0 Å². The maximum Gasteiger partial charge on any atom is 0.309 e. The molecule has 0 spiro atoms. The maximum atomic E-state index is 13.7. The molecule has 0 N–H and O–H groups in total. The molecule has 1 aliphatic heterocycles. The van der Waals surface area contributed by atoms with Crippen molar-refractivity contribution in [1.82, 2.24) is 4.90 Å². The lowest BCUT2D eigenvalue weighted by Crippen LogP contribution is -2.46. The molecule has 10 heteroatoms. The number of methoxy groups -OCH3 is 2. The third-order valence-corrected chi connectivity index (χ3v) is 7.78. The molecule has 0 saturated carbocycles. The Labute approximate surface area is 206 Å². The van der Waals surface area contributed by atoms with E-state index in [1.165, 1.54) is 26.4 Å². The molecular weight excluding hydrogens is 472 g/mol. The zero-order valence-electron chi connectivity index (χ0n) is 20.5. The van der Waals surface area contributed by atoms with Gasteiger partial charge in [0, 0.05) is 19.2 Å². The molecule has 2 aromatic rings. The fourth-order valence-corrected chi connectivity index (χ4v) is 5.40. The van der Waals surface area contributed by atoms with Crippen LogP contribution < -0.4 is 13.8 Å². The summed E-state index contributed by atoms with van der Waals surface area (Å²) in [5.41, 5.74) is 1.14. The van der Waals surface area contributed by atoms with Gasteiger partial charge in [-0.2, -0.15) is 0 Å². The highest BCUT2D eigenvalue weighted by atomic mass is 32.2. The monoisotopic (exact) mass is 504 g/mol. The first kappa shape index (κ1) is 26.3. The minimum absolute atomic E-state index is 0.0646. The molecule has 0 aromatic heterocycles. The van der Waals surface area contributed by atoms with Crippen LogP contribution in [0.2, 0.25) is 0 Å². The van der Waals surface area contributed by atoms with Gasteiger partial charge in [0.25, 0.3) is 10.0 Å². The third-order valence-electron chi connectivity index (χ3n) is 6.01. The van der Waals surface area contributed by atoms with E-state index in [0.717, 1.165) is 9.87 Å². The van der Waals surface area contributed by atoms with Crippen LogP contribution in [-0.4, -0.2) is 65.7 Å². The molecule has 1 fully saturated rings. The van der Waals surface area contributed by atoms with E-state index in [1.54, 1.807) is 42.2 Å². The summed E-state index contributed by atoms with van der Waals surface area (Å²) in [6.45, 7) is 4.22. The van der Waals surface area contributed by atoms with E-state index in [2.05, 4.69) is 0 Å².